The van der Waals surface area contributed by atoms with Crippen molar-refractivity contribution >= 4 is 28.2 Å². The van der Waals surface area contributed by atoms with Crippen LogP contribution in [-0.4, -0.2) is 9.45 Å². The van der Waals surface area contributed by atoms with Gasteiger partial charge in [-0.3, -0.25) is 0 Å². The second-order valence-corrected chi connectivity index (χ2v) is 6.41. The van der Waals surface area contributed by atoms with Crippen LogP contribution < -0.4 is 0 Å². The maximum Gasteiger partial charge on any atom is 0.0705 e. The number of hydrogen-bond acceptors (Lipinski definition) is 2. The molecule has 15 heavy (non-hydrogen) atoms. The van der Waals surface area contributed by atoms with Crippen LogP contribution in [0, 0.1) is 0 Å². The van der Waals surface area contributed by atoms with E-state index in [-0.39, 0.29) is 0 Å². The summed E-state index contributed by atoms with van der Waals surface area (Å²) in [7, 11) is 0. The van der Waals surface area contributed by atoms with Crippen LogP contribution in [0.4, 0.5) is 0 Å². The van der Waals surface area contributed by atoms with Crippen molar-refractivity contribution in [1.82, 2.24) is 0 Å². The Morgan fingerprint density at radius 2 is 1.87 bits per heavy atom. The van der Waals surface area contributed by atoms with Crippen molar-refractivity contribution in [1.29, 1.82) is 0 Å². The zero-order valence-corrected chi connectivity index (χ0v) is 11.9. The fourth-order valence-corrected chi connectivity index (χ4v) is 2.63. The lowest BCUT2D eigenvalue weighted by Crippen LogP contribution is -1.91. The van der Waals surface area contributed by atoms with Crippen molar-refractivity contribution in [3.05, 3.63) is 12.2 Å². The molecule has 0 N–H and O–H groups in total. The van der Waals surface area contributed by atoms with Gasteiger partial charge in [0.25, 0.3) is 0 Å². The van der Waals surface area contributed by atoms with E-state index in [9.17, 15) is 0 Å². The highest BCUT2D eigenvalue weighted by atomic mass is 32.2. The van der Waals surface area contributed by atoms with Crippen LogP contribution in [0.5, 0.6) is 0 Å². The predicted molar refractivity (Wildman–Crippen MR) is 77.8 cm³/mol. The van der Waals surface area contributed by atoms with Crippen molar-refractivity contribution in [3.63, 3.8) is 0 Å². The molecule has 0 aliphatic carbocycles. The summed E-state index contributed by atoms with van der Waals surface area (Å²) in [5, 5.41) is 0.603. The molecule has 0 aromatic rings. The molecule has 0 heterocycles. The highest BCUT2D eigenvalue weighted by Gasteiger charge is 1.96. The zero-order chi connectivity index (χ0) is 11.5. The number of thiocarbonyl (C=S) groups is 1. The molecule has 0 radical (unpaired) electrons. The van der Waals surface area contributed by atoms with E-state index in [1.807, 2.05) is 0 Å². The fraction of sp³-hybridized carbons (Fsp3) is 0.769. The van der Waals surface area contributed by atoms with E-state index in [0.29, 0.717) is 5.25 Å². The van der Waals surface area contributed by atoms with Gasteiger partial charge in [-0.05, 0) is 18.9 Å². The summed E-state index contributed by atoms with van der Waals surface area (Å²) in [6.45, 7) is 6.60. The van der Waals surface area contributed by atoms with Gasteiger partial charge in [0.15, 0.2) is 0 Å². The molecular weight excluding hydrogens is 220 g/mol. The lowest BCUT2D eigenvalue weighted by atomic mass is 10.1. The van der Waals surface area contributed by atoms with Crippen molar-refractivity contribution in [3.8, 4) is 0 Å². The molecule has 0 aromatic heterocycles. The van der Waals surface area contributed by atoms with Crippen LogP contribution in [0.25, 0.3) is 0 Å². The highest BCUT2D eigenvalue weighted by molar-refractivity contribution is 8.23. The number of thioether (sulfide) groups is 1. The van der Waals surface area contributed by atoms with Gasteiger partial charge in [-0.2, -0.15) is 0 Å². The molecule has 2 heteroatoms. The molecule has 0 rings (SSSR count). The number of rotatable bonds is 8. The van der Waals surface area contributed by atoms with Crippen molar-refractivity contribution in [2.24, 2.45) is 0 Å². The van der Waals surface area contributed by atoms with E-state index in [0.717, 1.165) is 4.20 Å². The normalized spacial score (nSPS) is 11.5. The topological polar surface area (TPSA) is 0 Å². The van der Waals surface area contributed by atoms with E-state index in [1.54, 1.807) is 11.8 Å². The van der Waals surface area contributed by atoms with Gasteiger partial charge in [0, 0.05) is 5.25 Å². The Kier molecular flexibility index (Phi) is 10.8. The minimum Gasteiger partial charge on any atom is -0.112 e. The molecule has 0 amide bonds. The summed E-state index contributed by atoms with van der Waals surface area (Å²) in [5.41, 5.74) is 0. The molecule has 0 saturated heterocycles. The second kappa shape index (κ2) is 10.7. The maximum absolute atomic E-state index is 5.23. The monoisotopic (exact) mass is 244 g/mol. The molecule has 0 saturated carbocycles. The Hall–Kier alpha value is 0.180. The summed E-state index contributed by atoms with van der Waals surface area (Å²) in [5.74, 6) is 0. The van der Waals surface area contributed by atoms with Crippen molar-refractivity contribution < 1.29 is 0 Å². The van der Waals surface area contributed by atoms with E-state index in [1.165, 1.54) is 38.5 Å². The Morgan fingerprint density at radius 3 is 2.47 bits per heavy atom. The lowest BCUT2D eigenvalue weighted by molar-refractivity contribution is 0.637. The summed E-state index contributed by atoms with van der Waals surface area (Å²) >= 11 is 7.00. The smallest absolute Gasteiger partial charge is 0.0705 e. The number of hydrogen-bond donors (Lipinski definition) is 0. The first-order valence-electron chi connectivity index (χ1n) is 6.04. The van der Waals surface area contributed by atoms with Crippen LogP contribution >= 0.6 is 24.0 Å². The summed E-state index contributed by atoms with van der Waals surface area (Å²) in [4.78, 5) is 0. The van der Waals surface area contributed by atoms with Gasteiger partial charge in [0.2, 0.25) is 0 Å². The van der Waals surface area contributed by atoms with E-state index in [2.05, 4.69) is 32.9 Å². The molecule has 0 unspecified atom stereocenters. The predicted octanol–water partition coefficient (Wildman–Crippen LogP) is 5.37. The first-order valence-corrected chi connectivity index (χ1v) is 7.32. The molecule has 0 spiro atoms. The standard InChI is InChI=1S/C13H24S2/c1-4-5-6-7-8-9-10-11-13(14)15-12(2)3/h10-12H,4-9H2,1-3H3/b11-10+. The van der Waals surface area contributed by atoms with Crippen LogP contribution in [0.1, 0.15) is 59.3 Å². The number of unbranched alkanes of at least 4 members (excludes halogenated alkanes) is 5. The highest BCUT2D eigenvalue weighted by Crippen LogP contribution is 2.13. The van der Waals surface area contributed by atoms with E-state index in [4.69, 9.17) is 12.2 Å². The van der Waals surface area contributed by atoms with E-state index < -0.39 is 0 Å². The fourth-order valence-electron chi connectivity index (χ4n) is 1.32. The Bertz CT molecular complexity index is 183. The lowest BCUT2D eigenvalue weighted by Gasteiger charge is -2.01. The first-order chi connectivity index (χ1) is 7.16. The van der Waals surface area contributed by atoms with Gasteiger partial charge in [0.05, 0.1) is 4.20 Å². The molecule has 0 fully saturated rings. The van der Waals surface area contributed by atoms with Gasteiger partial charge in [-0.25, -0.2) is 0 Å². The Morgan fingerprint density at radius 1 is 1.20 bits per heavy atom. The third-order valence-corrected chi connectivity index (χ3v) is 3.34. The minimum atomic E-state index is 0.603. The molecule has 0 aliphatic rings. The summed E-state index contributed by atoms with van der Waals surface area (Å²) in [6, 6.07) is 0. The largest absolute Gasteiger partial charge is 0.112 e. The first kappa shape index (κ1) is 15.2. The van der Waals surface area contributed by atoms with Crippen molar-refractivity contribution in [2.45, 2.75) is 64.5 Å². The van der Waals surface area contributed by atoms with Crippen LogP contribution in [0.15, 0.2) is 12.2 Å². The van der Waals surface area contributed by atoms with Crippen LogP contribution in [0.2, 0.25) is 0 Å². The van der Waals surface area contributed by atoms with E-state index >= 15 is 0 Å². The molecule has 0 nitrogen and oxygen atoms in total. The SMILES string of the molecule is CCCCCCC/C=C/C(=S)SC(C)C. The molecule has 88 valence electrons. The molecule has 0 atom stereocenters. The quantitative estimate of drug-likeness (QED) is 0.320. The Labute approximate surface area is 105 Å². The van der Waals surface area contributed by atoms with Crippen LogP contribution in [-0.2, 0) is 0 Å². The third kappa shape index (κ3) is 12.1. The zero-order valence-electron chi connectivity index (χ0n) is 10.3. The Balaban J connectivity index is 3.34. The summed E-state index contributed by atoms with van der Waals surface area (Å²) < 4.78 is 1.03. The van der Waals surface area contributed by atoms with Gasteiger partial charge in [-0.15, -0.1) is 11.8 Å². The van der Waals surface area contributed by atoms with Crippen molar-refractivity contribution in [2.75, 3.05) is 0 Å². The van der Waals surface area contributed by atoms with Gasteiger partial charge in [0.1, 0.15) is 0 Å². The van der Waals surface area contributed by atoms with Crippen LogP contribution in [0.3, 0.4) is 0 Å². The maximum atomic E-state index is 5.23. The third-order valence-electron chi connectivity index (χ3n) is 2.08. The second-order valence-electron chi connectivity index (χ2n) is 4.09. The molecule has 0 aliphatic heterocycles. The molecular formula is C13H24S2. The average Bonchev–Trinajstić information content (AvgIpc) is 2.15. The van der Waals surface area contributed by atoms with Gasteiger partial charge >= 0.3 is 0 Å². The van der Waals surface area contributed by atoms with Gasteiger partial charge < -0.3 is 0 Å². The average molecular weight is 244 g/mol. The number of allylic oxidation sites excluding steroid dienone is 1. The molecule has 0 bridgehead atoms. The van der Waals surface area contributed by atoms with Gasteiger partial charge in [-0.1, -0.05) is 64.7 Å². The minimum absolute atomic E-state index is 0.603. The molecule has 0 aromatic carbocycles. The summed E-state index contributed by atoms with van der Waals surface area (Å²) in [6.07, 6.45) is 12.3.